The van der Waals surface area contributed by atoms with Crippen molar-refractivity contribution < 1.29 is 13.2 Å². The van der Waals surface area contributed by atoms with Gasteiger partial charge in [-0.2, -0.15) is 13.2 Å². The number of hydrogen-bond donors (Lipinski definition) is 0. The van der Waals surface area contributed by atoms with Crippen LogP contribution in [0.2, 0.25) is 5.15 Å². The van der Waals surface area contributed by atoms with Gasteiger partial charge in [-0.1, -0.05) is 23.7 Å². The molecule has 8 heteroatoms. The van der Waals surface area contributed by atoms with Crippen LogP contribution < -0.4 is 5.56 Å². The molecular formula is C15H9ClF3N3O. The Kier molecular flexibility index (Phi) is 3.60. The molecule has 2 aromatic heterocycles. The Balaban J connectivity index is 2.23. The molecule has 0 radical (unpaired) electrons. The number of aryl methyl sites for hydroxylation is 1. The minimum atomic E-state index is -4.41. The lowest BCUT2D eigenvalue weighted by atomic mass is 10.0. The average Bonchev–Trinajstić information content (AvgIpc) is 2.50. The van der Waals surface area contributed by atoms with Crippen LogP contribution in [0.25, 0.3) is 22.0 Å². The molecule has 0 saturated heterocycles. The molecule has 0 aliphatic rings. The van der Waals surface area contributed by atoms with E-state index in [2.05, 4.69) is 9.97 Å². The monoisotopic (exact) mass is 339 g/mol. The summed E-state index contributed by atoms with van der Waals surface area (Å²) in [5.41, 5.74) is 0.0780. The third kappa shape index (κ3) is 2.68. The molecule has 118 valence electrons. The first kappa shape index (κ1) is 15.5. The molecule has 3 rings (SSSR count). The van der Waals surface area contributed by atoms with Crippen LogP contribution in [-0.4, -0.2) is 14.5 Å². The second-order valence-electron chi connectivity index (χ2n) is 4.92. The zero-order valence-corrected chi connectivity index (χ0v) is 12.5. The van der Waals surface area contributed by atoms with Crippen molar-refractivity contribution in [2.75, 3.05) is 0 Å². The van der Waals surface area contributed by atoms with E-state index >= 15 is 0 Å². The van der Waals surface area contributed by atoms with E-state index in [0.29, 0.717) is 16.6 Å². The van der Waals surface area contributed by atoms with Gasteiger partial charge in [-0.3, -0.25) is 4.79 Å². The molecule has 0 fully saturated rings. The van der Waals surface area contributed by atoms with Gasteiger partial charge in [0.1, 0.15) is 10.5 Å². The summed E-state index contributed by atoms with van der Waals surface area (Å²) in [6.45, 7) is 0. The molecule has 0 N–H and O–H groups in total. The summed E-state index contributed by atoms with van der Waals surface area (Å²) in [6.07, 6.45) is -1.69. The molecule has 0 atom stereocenters. The van der Waals surface area contributed by atoms with Crippen molar-refractivity contribution in [2.45, 2.75) is 6.18 Å². The molecule has 4 nitrogen and oxygen atoms in total. The second kappa shape index (κ2) is 5.34. The van der Waals surface area contributed by atoms with Gasteiger partial charge in [-0.25, -0.2) is 9.97 Å². The second-order valence-corrected chi connectivity index (χ2v) is 5.28. The summed E-state index contributed by atoms with van der Waals surface area (Å²) in [7, 11) is 1.52. The highest BCUT2D eigenvalue weighted by Crippen LogP contribution is 2.32. The topological polar surface area (TPSA) is 47.8 Å². The molecule has 0 bridgehead atoms. The van der Waals surface area contributed by atoms with Crippen LogP contribution in [0.1, 0.15) is 5.56 Å². The maximum Gasteiger partial charge on any atom is 0.416 e. The number of aromatic nitrogens is 3. The molecule has 1 aromatic carbocycles. The van der Waals surface area contributed by atoms with Gasteiger partial charge >= 0.3 is 6.18 Å². The fourth-order valence-corrected chi connectivity index (χ4v) is 2.45. The Morgan fingerprint density at radius 2 is 1.78 bits per heavy atom. The van der Waals surface area contributed by atoms with Crippen molar-refractivity contribution in [1.82, 2.24) is 14.5 Å². The van der Waals surface area contributed by atoms with Crippen LogP contribution >= 0.6 is 11.6 Å². The lowest BCUT2D eigenvalue weighted by Gasteiger charge is -2.10. The Hall–Kier alpha value is -2.41. The summed E-state index contributed by atoms with van der Waals surface area (Å²) in [4.78, 5) is 20.3. The smallest absolute Gasteiger partial charge is 0.302 e. The number of nitrogens with zero attached hydrogens (tertiary/aromatic N) is 3. The lowest BCUT2D eigenvalue weighted by molar-refractivity contribution is -0.137. The van der Waals surface area contributed by atoms with Gasteiger partial charge in [0.25, 0.3) is 5.56 Å². The number of hydrogen-bond acceptors (Lipinski definition) is 3. The maximum atomic E-state index is 12.6. The molecule has 3 aromatic rings. The number of pyridine rings is 1. The van der Waals surface area contributed by atoms with Crippen molar-refractivity contribution in [3.63, 3.8) is 0 Å². The van der Waals surface area contributed by atoms with Gasteiger partial charge in [-0.05, 0) is 17.7 Å². The summed E-state index contributed by atoms with van der Waals surface area (Å²) in [5, 5.41) is 0.137. The molecule has 2 heterocycles. The summed E-state index contributed by atoms with van der Waals surface area (Å²) < 4.78 is 39.2. The van der Waals surface area contributed by atoms with Crippen molar-refractivity contribution in [1.29, 1.82) is 0 Å². The predicted octanol–water partition coefficient (Wildman–Crippen LogP) is 3.67. The van der Waals surface area contributed by atoms with E-state index in [-0.39, 0.29) is 16.1 Å². The zero-order chi connectivity index (χ0) is 16.8. The number of rotatable bonds is 1. The largest absolute Gasteiger partial charge is 0.416 e. The van der Waals surface area contributed by atoms with Gasteiger partial charge in [-0.15, -0.1) is 0 Å². The van der Waals surface area contributed by atoms with Crippen molar-refractivity contribution in [2.24, 2.45) is 7.05 Å². The predicted molar refractivity (Wildman–Crippen MR) is 80.2 cm³/mol. The van der Waals surface area contributed by atoms with Gasteiger partial charge in [0, 0.05) is 18.8 Å². The van der Waals surface area contributed by atoms with Crippen LogP contribution in [0.15, 0.2) is 41.6 Å². The highest BCUT2D eigenvalue weighted by molar-refractivity contribution is 6.34. The Morgan fingerprint density at radius 3 is 2.39 bits per heavy atom. The fraction of sp³-hybridized carbons (Fsp3) is 0.133. The Bertz CT molecular complexity index is 949. The summed E-state index contributed by atoms with van der Waals surface area (Å²) in [5.74, 6) is 0. The van der Waals surface area contributed by atoms with Crippen LogP contribution in [0, 0.1) is 0 Å². The first-order valence-electron chi connectivity index (χ1n) is 6.46. The fourth-order valence-electron chi connectivity index (χ4n) is 2.23. The van der Waals surface area contributed by atoms with E-state index in [0.717, 1.165) is 12.1 Å². The normalized spacial score (nSPS) is 11.9. The molecule has 0 aliphatic heterocycles. The van der Waals surface area contributed by atoms with Gasteiger partial charge in [0.05, 0.1) is 17.4 Å². The van der Waals surface area contributed by atoms with Crippen LogP contribution in [0.3, 0.4) is 0 Å². The first-order valence-corrected chi connectivity index (χ1v) is 6.84. The molecule has 0 unspecified atom stereocenters. The van der Waals surface area contributed by atoms with Crippen molar-refractivity contribution in [3.05, 3.63) is 57.9 Å². The van der Waals surface area contributed by atoms with E-state index in [1.807, 2.05) is 0 Å². The minimum Gasteiger partial charge on any atom is -0.302 e. The SMILES string of the molecule is Cn1cnc2c(-c3ccc(C(F)(F)F)cc3)cnc(Cl)c2c1=O. The van der Waals surface area contributed by atoms with Crippen LogP contribution in [0.4, 0.5) is 13.2 Å². The third-order valence-corrected chi connectivity index (χ3v) is 3.71. The lowest BCUT2D eigenvalue weighted by Crippen LogP contribution is -2.18. The van der Waals surface area contributed by atoms with Gasteiger partial charge in [0.2, 0.25) is 0 Å². The molecule has 0 spiro atoms. The Morgan fingerprint density at radius 1 is 1.13 bits per heavy atom. The quantitative estimate of drug-likeness (QED) is 0.636. The van der Waals surface area contributed by atoms with E-state index < -0.39 is 11.7 Å². The van der Waals surface area contributed by atoms with Crippen LogP contribution in [-0.2, 0) is 13.2 Å². The highest BCUT2D eigenvalue weighted by Gasteiger charge is 2.30. The highest BCUT2D eigenvalue weighted by atomic mass is 35.5. The molecule has 0 saturated carbocycles. The summed E-state index contributed by atoms with van der Waals surface area (Å²) >= 11 is 5.97. The van der Waals surface area contributed by atoms with Crippen molar-refractivity contribution in [3.8, 4) is 11.1 Å². The van der Waals surface area contributed by atoms with E-state index in [1.54, 1.807) is 0 Å². The van der Waals surface area contributed by atoms with Crippen LogP contribution in [0.5, 0.6) is 0 Å². The van der Waals surface area contributed by atoms with Crippen molar-refractivity contribution >= 4 is 22.5 Å². The average molecular weight is 340 g/mol. The Labute approximate surface area is 133 Å². The van der Waals surface area contributed by atoms with Gasteiger partial charge < -0.3 is 4.57 Å². The van der Waals surface area contributed by atoms with E-state index in [4.69, 9.17) is 11.6 Å². The number of fused-ring (bicyclic) bond motifs is 1. The van der Waals surface area contributed by atoms with E-state index in [1.165, 1.54) is 36.3 Å². The number of benzene rings is 1. The minimum absolute atomic E-state index is 0.00404. The standard InChI is InChI=1S/C15H9ClF3N3O/c1-22-7-21-12-10(6-20-13(16)11(12)14(22)23)8-2-4-9(5-3-8)15(17,18)19/h2-7H,1H3. The third-order valence-electron chi connectivity index (χ3n) is 3.42. The molecule has 0 aliphatic carbocycles. The summed E-state index contributed by atoms with van der Waals surface area (Å²) in [6, 6.07) is 4.56. The number of alkyl halides is 3. The molecule has 23 heavy (non-hydrogen) atoms. The number of halogens is 4. The maximum absolute atomic E-state index is 12.6. The van der Waals surface area contributed by atoms with Gasteiger partial charge in [0.15, 0.2) is 0 Å². The molecular weight excluding hydrogens is 331 g/mol. The first-order chi connectivity index (χ1) is 10.8. The molecule has 0 amide bonds. The van der Waals surface area contributed by atoms with E-state index in [9.17, 15) is 18.0 Å². The zero-order valence-electron chi connectivity index (χ0n) is 11.7.